The van der Waals surface area contributed by atoms with Gasteiger partial charge >= 0.3 is 0 Å². The zero-order chi connectivity index (χ0) is 17.5. The van der Waals surface area contributed by atoms with Gasteiger partial charge in [-0.25, -0.2) is 0 Å². The molecule has 0 aromatic carbocycles. The zero-order valence-corrected chi connectivity index (χ0v) is 16.7. The molecule has 3 heterocycles. The molecule has 3 rings (SSSR count). The fraction of sp³-hybridized carbons (Fsp3) is 0.647. The van der Waals surface area contributed by atoms with E-state index < -0.39 is 0 Å². The molecule has 25 heavy (non-hydrogen) atoms. The maximum absolute atomic E-state index is 5.84. The van der Waals surface area contributed by atoms with Crippen LogP contribution in [0, 0.1) is 0 Å². The minimum absolute atomic E-state index is 0.850. The normalized spacial score (nSPS) is 15.1. The van der Waals surface area contributed by atoms with Gasteiger partial charge in [0.25, 0.3) is 0 Å². The molecule has 0 spiro atoms. The number of nitrogens with zero attached hydrogens (tertiary/aromatic N) is 4. The Bertz CT molecular complexity index is 637. The van der Waals surface area contributed by atoms with Gasteiger partial charge < -0.3 is 19.5 Å². The average molecular weight is 382 g/mol. The molecule has 0 bridgehead atoms. The lowest BCUT2D eigenvalue weighted by Gasteiger charge is -2.27. The Labute approximate surface area is 158 Å². The summed E-state index contributed by atoms with van der Waals surface area (Å²) in [5, 5.41) is 3.45. The third-order valence-corrected chi connectivity index (χ3v) is 5.60. The van der Waals surface area contributed by atoms with Gasteiger partial charge in [-0.1, -0.05) is 0 Å². The van der Waals surface area contributed by atoms with Crippen molar-refractivity contribution in [3.05, 3.63) is 23.7 Å². The Morgan fingerprint density at radius 2 is 2.00 bits per heavy atom. The number of rotatable bonds is 9. The molecular weight excluding hydrogens is 354 g/mol. The zero-order valence-electron chi connectivity index (χ0n) is 15.0. The van der Waals surface area contributed by atoms with E-state index in [-0.39, 0.29) is 0 Å². The molecule has 138 valence electrons. The van der Waals surface area contributed by atoms with Crippen LogP contribution in [0.4, 0.5) is 11.6 Å². The summed E-state index contributed by atoms with van der Waals surface area (Å²) >= 11 is 3.17. The van der Waals surface area contributed by atoms with Crippen molar-refractivity contribution in [2.24, 2.45) is 0 Å². The molecule has 0 atom stereocenters. The number of hydrogen-bond acceptors (Lipinski definition) is 8. The summed E-state index contributed by atoms with van der Waals surface area (Å²) in [7, 11) is 4.10. The fourth-order valence-electron chi connectivity index (χ4n) is 2.92. The van der Waals surface area contributed by atoms with E-state index in [1.165, 1.54) is 31.0 Å². The van der Waals surface area contributed by atoms with Gasteiger partial charge in [0.05, 0.1) is 24.0 Å². The van der Waals surface area contributed by atoms with Crippen molar-refractivity contribution in [2.75, 3.05) is 49.7 Å². The second-order valence-electron chi connectivity index (χ2n) is 6.57. The summed E-state index contributed by atoms with van der Waals surface area (Å²) in [6.07, 6.45) is 3.84. The molecule has 0 radical (unpaired) electrons. The maximum Gasteiger partial charge on any atom is 0.186 e. The summed E-state index contributed by atoms with van der Waals surface area (Å²) < 4.78 is 14.7. The second-order valence-corrected chi connectivity index (χ2v) is 8.20. The molecule has 1 aliphatic heterocycles. The van der Waals surface area contributed by atoms with Gasteiger partial charge in [-0.05, 0) is 45.5 Å². The smallest absolute Gasteiger partial charge is 0.186 e. The summed E-state index contributed by atoms with van der Waals surface area (Å²) in [5.41, 5.74) is 0. The van der Waals surface area contributed by atoms with Gasteiger partial charge in [0.1, 0.15) is 11.5 Å². The molecule has 1 N–H and O–H groups in total. The lowest BCUT2D eigenvalue weighted by Crippen LogP contribution is -2.30. The lowest BCUT2D eigenvalue weighted by molar-refractivity contribution is 0.344. The molecule has 0 saturated carbocycles. The van der Waals surface area contributed by atoms with Crippen LogP contribution in [0.5, 0.6) is 0 Å². The molecule has 8 heteroatoms. The summed E-state index contributed by atoms with van der Waals surface area (Å²) in [4.78, 5) is 4.47. The van der Waals surface area contributed by atoms with Crippen LogP contribution in [0.25, 0.3) is 0 Å². The Morgan fingerprint density at radius 1 is 1.20 bits per heavy atom. The van der Waals surface area contributed by atoms with Crippen molar-refractivity contribution >= 4 is 35.1 Å². The molecule has 1 aliphatic rings. The molecule has 2 aromatic heterocycles. The second kappa shape index (κ2) is 9.45. The summed E-state index contributed by atoms with van der Waals surface area (Å²) in [6, 6.07) is 4.15. The first-order valence-corrected chi connectivity index (χ1v) is 10.7. The minimum atomic E-state index is 0.850. The fourth-order valence-corrected chi connectivity index (χ4v) is 4.21. The first-order valence-electron chi connectivity index (χ1n) is 8.84. The summed E-state index contributed by atoms with van der Waals surface area (Å²) in [5.74, 6) is 5.97. The van der Waals surface area contributed by atoms with Gasteiger partial charge in [-0.2, -0.15) is 20.5 Å². The van der Waals surface area contributed by atoms with Gasteiger partial charge in [0.2, 0.25) is 0 Å². The monoisotopic (exact) mass is 381 g/mol. The topological polar surface area (TPSA) is 57.4 Å². The number of aromatic nitrogens is 2. The van der Waals surface area contributed by atoms with Crippen LogP contribution < -0.4 is 10.2 Å². The van der Waals surface area contributed by atoms with Crippen LogP contribution >= 0.6 is 23.5 Å². The van der Waals surface area contributed by atoms with E-state index in [1.54, 1.807) is 0 Å². The molecular formula is C17H27N5OS2. The first kappa shape index (κ1) is 18.5. The number of hydrogen-bond donors (Lipinski definition) is 1. The van der Waals surface area contributed by atoms with Crippen LogP contribution in [-0.2, 0) is 12.3 Å². The summed E-state index contributed by atoms with van der Waals surface area (Å²) in [6.45, 7) is 3.94. The molecule has 2 aromatic rings. The number of anilines is 2. The number of piperidine rings is 1. The van der Waals surface area contributed by atoms with Crippen molar-refractivity contribution in [3.8, 4) is 0 Å². The van der Waals surface area contributed by atoms with E-state index in [0.717, 1.165) is 60.8 Å². The average Bonchev–Trinajstić information content (AvgIpc) is 3.24. The van der Waals surface area contributed by atoms with Crippen molar-refractivity contribution in [2.45, 2.75) is 31.6 Å². The highest BCUT2D eigenvalue weighted by atomic mass is 32.2. The third-order valence-electron chi connectivity index (χ3n) is 4.10. The predicted molar refractivity (Wildman–Crippen MR) is 107 cm³/mol. The Balaban J connectivity index is 1.37. The van der Waals surface area contributed by atoms with Gasteiger partial charge in [0, 0.05) is 25.4 Å². The largest absolute Gasteiger partial charge is 0.464 e. The van der Waals surface area contributed by atoms with E-state index in [0.29, 0.717) is 0 Å². The third kappa shape index (κ3) is 5.62. The molecule has 0 unspecified atom stereocenters. The van der Waals surface area contributed by atoms with Gasteiger partial charge in [-0.15, -0.1) is 0 Å². The van der Waals surface area contributed by atoms with E-state index >= 15 is 0 Å². The van der Waals surface area contributed by atoms with Crippen LogP contribution in [-0.4, -0.2) is 53.1 Å². The number of furan rings is 1. The van der Waals surface area contributed by atoms with E-state index in [1.807, 2.05) is 25.9 Å². The highest BCUT2D eigenvalue weighted by Crippen LogP contribution is 2.26. The number of nitrogens with one attached hydrogen (secondary N) is 1. The van der Waals surface area contributed by atoms with E-state index in [2.05, 4.69) is 36.0 Å². The van der Waals surface area contributed by atoms with Crippen LogP contribution in [0.2, 0.25) is 0 Å². The standard InChI is InChI=1S/C17H27N5OS2/c1-21(2)12-14-6-7-15(23-14)13-24-11-8-18-16-17(20-25-19-16)22-9-4-3-5-10-22/h6-7H,3-5,8-13H2,1-2H3,(H,18,19). The quantitative estimate of drug-likeness (QED) is 0.667. The van der Waals surface area contributed by atoms with E-state index in [4.69, 9.17) is 4.42 Å². The Morgan fingerprint density at radius 3 is 2.80 bits per heavy atom. The van der Waals surface area contributed by atoms with Crippen LogP contribution in [0.15, 0.2) is 16.5 Å². The molecule has 0 amide bonds. The van der Waals surface area contributed by atoms with Crippen molar-refractivity contribution in [3.63, 3.8) is 0 Å². The van der Waals surface area contributed by atoms with Crippen molar-refractivity contribution in [1.29, 1.82) is 0 Å². The number of thioether (sulfide) groups is 1. The molecule has 1 fully saturated rings. The molecule has 1 saturated heterocycles. The first-order chi connectivity index (χ1) is 12.2. The maximum atomic E-state index is 5.84. The van der Waals surface area contributed by atoms with Gasteiger partial charge in [0.15, 0.2) is 11.6 Å². The van der Waals surface area contributed by atoms with Gasteiger partial charge in [-0.3, -0.25) is 0 Å². The van der Waals surface area contributed by atoms with Crippen LogP contribution in [0.3, 0.4) is 0 Å². The highest BCUT2D eigenvalue weighted by molar-refractivity contribution is 7.98. The Kier molecular flexibility index (Phi) is 7.01. The Hall–Kier alpha value is -1.25. The SMILES string of the molecule is CN(C)Cc1ccc(CSCCNc2nsnc2N2CCCCC2)o1. The highest BCUT2D eigenvalue weighted by Gasteiger charge is 2.17. The molecule has 6 nitrogen and oxygen atoms in total. The van der Waals surface area contributed by atoms with Crippen LogP contribution in [0.1, 0.15) is 30.8 Å². The van der Waals surface area contributed by atoms with Crippen molar-refractivity contribution in [1.82, 2.24) is 13.6 Å². The molecule has 0 aliphatic carbocycles. The van der Waals surface area contributed by atoms with E-state index in [9.17, 15) is 0 Å². The lowest BCUT2D eigenvalue weighted by atomic mass is 10.1. The van der Waals surface area contributed by atoms with Crippen molar-refractivity contribution < 1.29 is 4.42 Å². The minimum Gasteiger partial charge on any atom is -0.464 e. The predicted octanol–water partition coefficient (Wildman–Crippen LogP) is 3.53.